The monoisotopic (exact) mass is 521 g/mol. The van der Waals surface area contributed by atoms with Gasteiger partial charge in [0.1, 0.15) is 13.9 Å². The van der Waals surface area contributed by atoms with Crippen molar-refractivity contribution in [2.75, 3.05) is 6.54 Å². The van der Waals surface area contributed by atoms with Gasteiger partial charge < -0.3 is 13.6 Å². The first kappa shape index (κ1) is 25.5. The Kier molecular flexibility index (Phi) is 7.84. The molecule has 0 N–H and O–H groups in total. The van der Waals surface area contributed by atoms with Crippen LogP contribution >= 0.6 is 8.53 Å². The summed E-state index contributed by atoms with van der Waals surface area (Å²) in [6, 6.07) is 25.0. The molecule has 3 aromatic rings. The van der Waals surface area contributed by atoms with Gasteiger partial charge in [0.15, 0.2) is 0 Å². The summed E-state index contributed by atoms with van der Waals surface area (Å²) < 4.78 is 18.0. The Morgan fingerprint density at radius 2 is 1.78 bits per heavy atom. The molecule has 0 spiro atoms. The maximum atomic E-state index is 11.6. The van der Waals surface area contributed by atoms with Gasteiger partial charge in [-0.3, -0.25) is 4.79 Å². The van der Waals surface area contributed by atoms with Crippen molar-refractivity contribution in [3.8, 4) is 0 Å². The van der Waals surface area contributed by atoms with Crippen LogP contribution in [0, 0.1) is 6.92 Å². The van der Waals surface area contributed by atoms with E-state index in [2.05, 4.69) is 83.8 Å². The maximum absolute atomic E-state index is 11.6. The highest BCUT2D eigenvalue weighted by molar-refractivity contribution is 7.45. The first-order valence-electron chi connectivity index (χ1n) is 13.0. The number of aromatic nitrogens is 2. The number of aryl methyl sites for hydroxylation is 1. The van der Waals surface area contributed by atoms with Crippen molar-refractivity contribution >= 4 is 27.0 Å². The Labute approximate surface area is 216 Å². The van der Waals surface area contributed by atoms with Crippen LogP contribution in [0.25, 0.3) is 0 Å². The lowest BCUT2D eigenvalue weighted by Crippen LogP contribution is -2.58. The van der Waals surface area contributed by atoms with E-state index in [4.69, 9.17) is 9.05 Å². The van der Waals surface area contributed by atoms with E-state index < -0.39 is 16.6 Å². The lowest BCUT2D eigenvalue weighted by atomic mass is 10.1. The largest absolute Gasteiger partial charge is 0.334 e. The van der Waals surface area contributed by atoms with Gasteiger partial charge in [0.2, 0.25) is 0 Å². The lowest BCUT2D eigenvalue weighted by Gasteiger charge is -2.32. The molecule has 190 valence electrons. The molecule has 0 amide bonds. The van der Waals surface area contributed by atoms with Crippen molar-refractivity contribution in [2.24, 2.45) is 0 Å². The predicted molar refractivity (Wildman–Crippen MR) is 148 cm³/mol. The molecule has 2 saturated heterocycles. The van der Waals surface area contributed by atoms with Crippen molar-refractivity contribution in [2.45, 2.75) is 70.5 Å². The molecular weight excluding hydrogens is 485 g/mol. The molecule has 36 heavy (non-hydrogen) atoms. The van der Waals surface area contributed by atoms with Gasteiger partial charge in [0, 0.05) is 24.8 Å². The van der Waals surface area contributed by atoms with Crippen LogP contribution in [0.2, 0.25) is 12.6 Å². The van der Waals surface area contributed by atoms with E-state index in [9.17, 15) is 4.79 Å². The van der Waals surface area contributed by atoms with Gasteiger partial charge in [-0.05, 0) is 32.2 Å². The summed E-state index contributed by atoms with van der Waals surface area (Å²) in [5.41, 5.74) is -0.201. The zero-order valence-electron chi connectivity index (χ0n) is 21.4. The molecule has 0 aliphatic carbocycles. The molecule has 1 aromatic heterocycles. The summed E-state index contributed by atoms with van der Waals surface area (Å²) in [5.74, 6) is 0.717. The minimum Gasteiger partial charge on any atom is -0.334 e. The molecule has 4 atom stereocenters. The van der Waals surface area contributed by atoms with Gasteiger partial charge in [-0.25, -0.2) is 4.67 Å². The van der Waals surface area contributed by atoms with Crippen molar-refractivity contribution < 1.29 is 9.05 Å². The summed E-state index contributed by atoms with van der Waals surface area (Å²) in [6.07, 6.45) is 5.23. The van der Waals surface area contributed by atoms with E-state index in [1.807, 2.05) is 17.7 Å². The fraction of sp³-hybridized carbons (Fsp3) is 0.429. The second kappa shape index (κ2) is 11.1. The molecule has 5 rings (SSSR count). The van der Waals surface area contributed by atoms with Crippen molar-refractivity contribution in [1.29, 1.82) is 0 Å². The SMILES string of the molecule is CC[C@@H](Cn1ccc(=O)nc1C)O[P@@]1O[C@H](C[Si](C)(c2ccccc2)c2ccccc2)[C@@H]2CCCN21. The Balaban J connectivity index is 1.36. The van der Waals surface area contributed by atoms with Crippen molar-refractivity contribution in [3.63, 3.8) is 0 Å². The molecule has 2 aliphatic rings. The predicted octanol–water partition coefficient (Wildman–Crippen LogP) is 4.33. The quantitative estimate of drug-likeness (QED) is 0.310. The molecule has 0 unspecified atom stereocenters. The summed E-state index contributed by atoms with van der Waals surface area (Å²) in [7, 11) is -3.13. The number of nitrogens with zero attached hydrogens (tertiary/aromatic N) is 3. The Morgan fingerprint density at radius 3 is 2.39 bits per heavy atom. The Hall–Kier alpha value is -2.15. The van der Waals surface area contributed by atoms with Gasteiger partial charge >= 0.3 is 0 Å². The van der Waals surface area contributed by atoms with E-state index >= 15 is 0 Å². The number of hydrogen-bond donors (Lipinski definition) is 0. The third-order valence-corrected chi connectivity index (χ3v) is 14.0. The van der Waals surface area contributed by atoms with E-state index in [1.165, 1.54) is 29.3 Å². The smallest absolute Gasteiger partial charge is 0.272 e. The van der Waals surface area contributed by atoms with Crippen LogP contribution in [0.4, 0.5) is 0 Å². The van der Waals surface area contributed by atoms with Crippen molar-refractivity contribution in [1.82, 2.24) is 14.2 Å². The third kappa shape index (κ3) is 5.27. The average molecular weight is 522 g/mol. The summed E-state index contributed by atoms with van der Waals surface area (Å²) in [5, 5.41) is 2.91. The highest BCUT2D eigenvalue weighted by Gasteiger charge is 2.50. The number of benzene rings is 2. The molecular formula is C28H36N3O3PSi. The van der Waals surface area contributed by atoms with Crippen LogP contribution in [0.3, 0.4) is 0 Å². The van der Waals surface area contributed by atoms with Crippen LogP contribution in [0.5, 0.6) is 0 Å². The van der Waals surface area contributed by atoms with Gasteiger partial charge in [-0.2, -0.15) is 4.98 Å². The number of fused-ring (bicyclic) bond motifs is 1. The molecule has 6 nitrogen and oxygen atoms in total. The average Bonchev–Trinajstić information content (AvgIpc) is 3.50. The molecule has 2 aliphatic heterocycles. The van der Waals surface area contributed by atoms with E-state index in [0.717, 1.165) is 19.0 Å². The molecule has 3 heterocycles. The first-order chi connectivity index (χ1) is 17.5. The Bertz CT molecular complexity index is 1170. The van der Waals surface area contributed by atoms with Gasteiger partial charge in [-0.1, -0.05) is 84.5 Å². The van der Waals surface area contributed by atoms with Crippen LogP contribution in [0.1, 0.15) is 32.0 Å². The minimum absolute atomic E-state index is 0.00554. The Morgan fingerprint density at radius 1 is 1.11 bits per heavy atom. The molecule has 8 heteroatoms. The van der Waals surface area contributed by atoms with Crippen LogP contribution in [-0.4, -0.2) is 47.1 Å². The highest BCUT2D eigenvalue weighted by Crippen LogP contribution is 2.57. The summed E-state index contributed by atoms with van der Waals surface area (Å²) in [6.45, 7) is 8.22. The van der Waals surface area contributed by atoms with Crippen molar-refractivity contribution in [3.05, 3.63) is 89.1 Å². The van der Waals surface area contributed by atoms with Crippen LogP contribution in [-0.2, 0) is 15.6 Å². The zero-order chi connectivity index (χ0) is 25.1. The maximum Gasteiger partial charge on any atom is 0.272 e. The topological polar surface area (TPSA) is 56.6 Å². The van der Waals surface area contributed by atoms with Gasteiger partial charge in [0.25, 0.3) is 14.1 Å². The first-order valence-corrected chi connectivity index (χ1v) is 16.9. The summed E-state index contributed by atoms with van der Waals surface area (Å²) in [4.78, 5) is 15.7. The standard InChI is InChI=1S/C28H36N3O3PSi/c1-4-23(20-30-19-17-28(32)29-22(30)2)33-35-31-18-11-16-26(31)27(34-35)21-36(3,24-12-7-5-8-13-24)25-14-9-6-10-15-25/h5-10,12-15,17,19,23,26-27H,4,11,16,18,20-21H2,1-3H3/t23-,26-,27+,35-/m0/s1. The van der Waals surface area contributed by atoms with Crippen LogP contribution < -0.4 is 15.9 Å². The second-order valence-corrected chi connectivity index (χ2v) is 15.8. The molecule has 0 saturated carbocycles. The van der Waals surface area contributed by atoms with Gasteiger partial charge in [0.05, 0.1) is 18.8 Å². The minimum atomic E-state index is -2.02. The highest BCUT2D eigenvalue weighted by atomic mass is 31.2. The van der Waals surface area contributed by atoms with E-state index in [-0.39, 0.29) is 17.8 Å². The lowest BCUT2D eigenvalue weighted by molar-refractivity contribution is 0.145. The molecule has 0 bridgehead atoms. The second-order valence-electron chi connectivity index (χ2n) is 10.1. The molecule has 2 fully saturated rings. The van der Waals surface area contributed by atoms with Crippen LogP contribution in [0.15, 0.2) is 77.7 Å². The summed E-state index contributed by atoms with van der Waals surface area (Å²) >= 11 is 0. The molecule has 2 aromatic carbocycles. The fourth-order valence-electron chi connectivity index (χ4n) is 5.58. The van der Waals surface area contributed by atoms with E-state index in [0.29, 0.717) is 18.4 Å². The molecule has 0 radical (unpaired) electrons. The van der Waals surface area contributed by atoms with Gasteiger partial charge in [-0.15, -0.1) is 0 Å². The number of rotatable bonds is 9. The fourth-order valence-corrected chi connectivity index (χ4v) is 11.6. The normalized spacial score (nSPS) is 23.0. The third-order valence-electron chi connectivity index (χ3n) is 7.75. The van der Waals surface area contributed by atoms with E-state index in [1.54, 1.807) is 0 Å². The zero-order valence-corrected chi connectivity index (χ0v) is 23.3. The number of hydrogen-bond acceptors (Lipinski definition) is 5.